The van der Waals surface area contributed by atoms with Crippen LogP contribution in [-0.4, -0.2) is 43.6 Å². The highest BCUT2D eigenvalue weighted by molar-refractivity contribution is 6.74. The number of aryl methyl sites for hydroxylation is 1. The van der Waals surface area contributed by atoms with Crippen LogP contribution in [0.4, 0.5) is 5.69 Å². The number of H-pyrrole nitrogens is 1. The van der Waals surface area contributed by atoms with Crippen molar-refractivity contribution in [1.82, 2.24) is 15.2 Å². The molecule has 0 saturated carbocycles. The fraction of sp³-hybridized carbons (Fsp3) is 0.367. The van der Waals surface area contributed by atoms with Crippen LogP contribution < -0.4 is 14.8 Å². The Bertz CT molecular complexity index is 1480. The van der Waals surface area contributed by atoms with E-state index in [0.29, 0.717) is 28.4 Å². The van der Waals surface area contributed by atoms with Crippen molar-refractivity contribution < 1.29 is 18.7 Å². The minimum Gasteiger partial charge on any atom is -0.497 e. The molecule has 0 aliphatic carbocycles. The van der Waals surface area contributed by atoms with E-state index in [9.17, 15) is 4.79 Å². The molecule has 2 N–H and O–H groups in total. The first-order valence-electron chi connectivity index (χ1n) is 13.0. The Morgan fingerprint density at radius 2 is 1.67 bits per heavy atom. The Morgan fingerprint density at radius 1 is 1.00 bits per heavy atom. The van der Waals surface area contributed by atoms with Gasteiger partial charge in [-0.2, -0.15) is 5.10 Å². The maximum atomic E-state index is 13.0. The molecule has 39 heavy (non-hydrogen) atoms. The number of hydrogen-bond acceptors (Lipinski definition) is 6. The molecule has 8 nitrogen and oxygen atoms in total. The van der Waals surface area contributed by atoms with Crippen LogP contribution >= 0.6 is 0 Å². The molecule has 0 spiro atoms. The lowest BCUT2D eigenvalue weighted by Gasteiger charge is -2.38. The molecule has 0 aliphatic heterocycles. The number of nitrogens with one attached hydrogen (secondary N) is 2. The fourth-order valence-electron chi connectivity index (χ4n) is 4.18. The smallest absolute Gasteiger partial charge is 0.255 e. The second-order valence-electron chi connectivity index (χ2n) is 11.3. The van der Waals surface area contributed by atoms with Gasteiger partial charge in [-0.05, 0) is 73.9 Å². The molecule has 206 valence electrons. The normalized spacial score (nSPS) is 12.8. The molecule has 0 bridgehead atoms. The van der Waals surface area contributed by atoms with E-state index in [0.717, 1.165) is 27.9 Å². The highest BCUT2D eigenvalue weighted by Crippen LogP contribution is 2.40. The number of methoxy groups -OCH3 is 2. The number of aromatic amines is 1. The molecular weight excluding hydrogens is 508 g/mol. The number of ether oxygens (including phenoxy) is 2. The molecule has 0 unspecified atom stereocenters. The third-order valence-corrected chi connectivity index (χ3v) is 12.1. The number of anilines is 1. The lowest BCUT2D eigenvalue weighted by Crippen LogP contribution is -2.41. The van der Waals surface area contributed by atoms with Crippen molar-refractivity contribution in [2.45, 2.75) is 58.9 Å². The fourth-order valence-corrected chi connectivity index (χ4v) is 5.53. The van der Waals surface area contributed by atoms with Crippen LogP contribution in [0.5, 0.6) is 11.5 Å². The highest BCUT2D eigenvalue weighted by Gasteiger charge is 2.39. The van der Waals surface area contributed by atoms with Gasteiger partial charge in [-0.1, -0.05) is 26.8 Å². The first-order valence-corrected chi connectivity index (χ1v) is 15.9. The van der Waals surface area contributed by atoms with Gasteiger partial charge in [0, 0.05) is 28.3 Å². The standard InChI is InChI=1S/C30H38N4O4Si/c1-18-10-11-21(31-29(35)20-14-22(36-6)17-23(15-20)37-7)16-25(18)26-13-12-24-27(33-34-28(24)32-26)19(2)38-39(8,9)30(3,4)5/h10-17,19H,1-9H3,(H,31,35)(H,32,33,34)/t19-/m0/s1. The Kier molecular flexibility index (Phi) is 7.86. The van der Waals surface area contributed by atoms with Crippen LogP contribution in [0.25, 0.3) is 22.3 Å². The molecule has 0 aliphatic rings. The van der Waals surface area contributed by atoms with Crippen molar-refractivity contribution in [2.24, 2.45) is 0 Å². The first kappa shape index (κ1) is 28.3. The van der Waals surface area contributed by atoms with Gasteiger partial charge in [0.25, 0.3) is 5.91 Å². The summed E-state index contributed by atoms with van der Waals surface area (Å²) in [5, 5.41) is 11.7. The molecular formula is C30H38N4O4Si. The van der Waals surface area contributed by atoms with E-state index < -0.39 is 8.32 Å². The van der Waals surface area contributed by atoms with Crippen molar-refractivity contribution in [1.29, 1.82) is 0 Å². The van der Waals surface area contributed by atoms with Crippen LogP contribution in [0.1, 0.15) is 55.4 Å². The Hall–Kier alpha value is -3.69. The third-order valence-electron chi connectivity index (χ3n) is 7.50. The molecule has 4 aromatic rings. The largest absolute Gasteiger partial charge is 0.497 e. The Labute approximate surface area is 231 Å². The highest BCUT2D eigenvalue weighted by atomic mass is 28.4. The summed E-state index contributed by atoms with van der Waals surface area (Å²) < 4.78 is 17.2. The van der Waals surface area contributed by atoms with Crippen molar-refractivity contribution >= 4 is 30.9 Å². The number of aromatic nitrogens is 3. The van der Waals surface area contributed by atoms with Crippen LogP contribution in [0, 0.1) is 6.92 Å². The first-order chi connectivity index (χ1) is 18.3. The van der Waals surface area contributed by atoms with Gasteiger partial charge in [-0.3, -0.25) is 9.89 Å². The zero-order valence-corrected chi connectivity index (χ0v) is 25.2. The summed E-state index contributed by atoms with van der Waals surface area (Å²) >= 11 is 0. The van der Waals surface area contributed by atoms with Gasteiger partial charge in [-0.15, -0.1) is 0 Å². The second kappa shape index (κ2) is 10.8. The van der Waals surface area contributed by atoms with Gasteiger partial charge >= 0.3 is 0 Å². The quantitative estimate of drug-likeness (QED) is 0.225. The maximum Gasteiger partial charge on any atom is 0.255 e. The van der Waals surface area contributed by atoms with Crippen LogP contribution in [-0.2, 0) is 4.43 Å². The van der Waals surface area contributed by atoms with Crippen molar-refractivity contribution in [3.63, 3.8) is 0 Å². The van der Waals surface area contributed by atoms with E-state index in [2.05, 4.69) is 56.3 Å². The summed E-state index contributed by atoms with van der Waals surface area (Å²) in [6, 6.07) is 14.9. The van der Waals surface area contributed by atoms with Crippen LogP contribution in [0.3, 0.4) is 0 Å². The van der Waals surface area contributed by atoms with Gasteiger partial charge in [0.15, 0.2) is 14.0 Å². The number of rotatable bonds is 8. The minimum atomic E-state index is -1.96. The van der Waals surface area contributed by atoms with Crippen LogP contribution in [0.15, 0.2) is 48.5 Å². The van der Waals surface area contributed by atoms with Gasteiger partial charge in [0.05, 0.1) is 31.7 Å². The lowest BCUT2D eigenvalue weighted by atomic mass is 10.0. The SMILES string of the molecule is COc1cc(OC)cc(C(=O)Nc2ccc(C)c(-c3ccc4c([C@H](C)O[Si](C)(C)C(C)(C)C)n[nH]c4n3)c2)c1. The average molecular weight is 547 g/mol. The monoisotopic (exact) mass is 546 g/mol. The molecule has 4 rings (SSSR count). The summed E-state index contributed by atoms with van der Waals surface area (Å²) in [4.78, 5) is 17.9. The summed E-state index contributed by atoms with van der Waals surface area (Å²) in [6.45, 7) is 15.3. The summed E-state index contributed by atoms with van der Waals surface area (Å²) in [6.07, 6.45) is -0.150. The molecule has 9 heteroatoms. The van der Waals surface area contributed by atoms with Crippen LogP contribution in [0.2, 0.25) is 18.1 Å². The van der Waals surface area contributed by atoms with Crippen molar-refractivity contribution in [3.05, 3.63) is 65.4 Å². The molecule has 2 aromatic heterocycles. The molecule has 1 atom stereocenters. The lowest BCUT2D eigenvalue weighted by molar-refractivity contribution is 0.102. The number of fused-ring (bicyclic) bond motifs is 1. The van der Waals surface area contributed by atoms with Gasteiger partial charge in [0.2, 0.25) is 0 Å². The average Bonchev–Trinajstić information content (AvgIpc) is 3.32. The van der Waals surface area contributed by atoms with E-state index in [4.69, 9.17) is 18.9 Å². The zero-order valence-electron chi connectivity index (χ0n) is 24.2. The molecule has 2 aromatic carbocycles. The number of nitrogens with zero attached hydrogens (tertiary/aromatic N) is 2. The zero-order chi connectivity index (χ0) is 28.5. The summed E-state index contributed by atoms with van der Waals surface area (Å²) in [5.74, 6) is 0.827. The van der Waals surface area contributed by atoms with E-state index in [1.54, 1.807) is 32.4 Å². The number of carbonyl (C=O) groups excluding carboxylic acids is 1. The van der Waals surface area contributed by atoms with Crippen molar-refractivity contribution in [3.8, 4) is 22.8 Å². The Morgan fingerprint density at radius 3 is 2.28 bits per heavy atom. The third kappa shape index (κ3) is 5.99. The number of amides is 1. The molecule has 0 fully saturated rings. The number of hydrogen-bond donors (Lipinski definition) is 2. The van der Waals surface area contributed by atoms with E-state index >= 15 is 0 Å². The topological polar surface area (TPSA) is 98.4 Å². The van der Waals surface area contributed by atoms with Gasteiger partial charge in [0.1, 0.15) is 11.5 Å². The van der Waals surface area contributed by atoms with E-state index in [-0.39, 0.29) is 17.0 Å². The molecule has 0 saturated heterocycles. The molecule has 2 heterocycles. The van der Waals surface area contributed by atoms with Gasteiger partial charge in [-0.25, -0.2) is 4.98 Å². The summed E-state index contributed by atoms with van der Waals surface area (Å²) in [5.41, 5.74) is 5.40. The van der Waals surface area contributed by atoms with E-state index in [1.165, 1.54) is 0 Å². The predicted molar refractivity (Wildman–Crippen MR) is 158 cm³/mol. The number of pyridine rings is 1. The second-order valence-corrected chi connectivity index (χ2v) is 16.1. The maximum absolute atomic E-state index is 13.0. The van der Waals surface area contributed by atoms with Crippen molar-refractivity contribution in [2.75, 3.05) is 19.5 Å². The molecule has 1 amide bonds. The van der Waals surface area contributed by atoms with E-state index in [1.807, 2.05) is 37.3 Å². The summed E-state index contributed by atoms with van der Waals surface area (Å²) in [7, 11) is 1.15. The minimum absolute atomic E-state index is 0.107. The Balaban J connectivity index is 1.60. The predicted octanol–water partition coefficient (Wildman–Crippen LogP) is 7.29. The number of benzene rings is 2. The number of carbonyl (C=O) groups is 1. The molecule has 0 radical (unpaired) electrons. The van der Waals surface area contributed by atoms with Gasteiger partial charge < -0.3 is 19.2 Å².